The first kappa shape index (κ1) is 19.2. The summed E-state index contributed by atoms with van der Waals surface area (Å²) in [5.41, 5.74) is 2.41. The molecule has 1 aliphatic rings. The van der Waals surface area contributed by atoms with Gasteiger partial charge in [-0.15, -0.1) is 0 Å². The molecule has 3 heterocycles. The molecule has 7 heteroatoms. The van der Waals surface area contributed by atoms with Crippen LogP contribution in [-0.2, 0) is 6.42 Å². The van der Waals surface area contributed by atoms with Crippen LogP contribution in [0.1, 0.15) is 35.2 Å². The second-order valence-corrected chi connectivity index (χ2v) is 7.44. The van der Waals surface area contributed by atoms with Crippen LogP contribution in [0.15, 0.2) is 42.9 Å². The molecule has 152 valence electrons. The van der Waals surface area contributed by atoms with Gasteiger partial charge >= 0.3 is 0 Å². The van der Waals surface area contributed by atoms with E-state index >= 15 is 0 Å². The molecule has 7 nitrogen and oxygen atoms in total. The fraction of sp³-hybridized carbons (Fsp3) is 0.409. The predicted molar refractivity (Wildman–Crippen MR) is 109 cm³/mol. The molecule has 0 atom stereocenters. The van der Waals surface area contributed by atoms with Gasteiger partial charge in [0.1, 0.15) is 17.1 Å². The van der Waals surface area contributed by atoms with E-state index in [9.17, 15) is 4.79 Å². The third-order valence-corrected chi connectivity index (χ3v) is 5.66. The van der Waals surface area contributed by atoms with Gasteiger partial charge in [-0.25, -0.2) is 9.50 Å². The van der Waals surface area contributed by atoms with E-state index in [1.165, 1.54) is 5.56 Å². The Morgan fingerprint density at radius 1 is 1.14 bits per heavy atom. The number of aryl methyl sites for hydroxylation is 1. The number of aromatic nitrogens is 3. The van der Waals surface area contributed by atoms with Crippen LogP contribution in [0.25, 0.3) is 5.65 Å². The lowest BCUT2D eigenvalue weighted by Crippen LogP contribution is -2.38. The maximum atomic E-state index is 12.9. The molecule has 1 fully saturated rings. The van der Waals surface area contributed by atoms with Crippen molar-refractivity contribution < 1.29 is 14.3 Å². The second kappa shape index (κ2) is 8.51. The highest BCUT2D eigenvalue weighted by Gasteiger charge is 2.25. The molecule has 29 heavy (non-hydrogen) atoms. The molecule has 4 rings (SSSR count). The molecule has 0 N–H and O–H groups in total. The van der Waals surface area contributed by atoms with E-state index in [0.717, 1.165) is 50.3 Å². The lowest BCUT2D eigenvalue weighted by atomic mass is 9.90. The summed E-state index contributed by atoms with van der Waals surface area (Å²) < 4.78 is 12.4. The van der Waals surface area contributed by atoms with Gasteiger partial charge in [-0.3, -0.25) is 4.79 Å². The van der Waals surface area contributed by atoms with Crippen molar-refractivity contribution in [1.82, 2.24) is 19.5 Å². The Morgan fingerprint density at radius 2 is 1.86 bits per heavy atom. The first-order chi connectivity index (χ1) is 14.2. The molecule has 3 aromatic rings. The van der Waals surface area contributed by atoms with Crippen molar-refractivity contribution in [2.75, 3.05) is 27.3 Å². The molecule has 0 bridgehead atoms. The summed E-state index contributed by atoms with van der Waals surface area (Å²) >= 11 is 0. The van der Waals surface area contributed by atoms with Gasteiger partial charge in [-0.2, -0.15) is 5.10 Å². The van der Waals surface area contributed by atoms with Crippen molar-refractivity contribution in [3.05, 3.63) is 54.0 Å². The highest BCUT2D eigenvalue weighted by Crippen LogP contribution is 2.27. The Bertz CT molecular complexity index is 970. The van der Waals surface area contributed by atoms with Crippen LogP contribution in [0.4, 0.5) is 0 Å². The number of carbonyl (C=O) groups is 1. The van der Waals surface area contributed by atoms with Gasteiger partial charge in [-0.1, -0.05) is 0 Å². The minimum atomic E-state index is 0.0229. The average molecular weight is 394 g/mol. The second-order valence-electron chi connectivity index (χ2n) is 7.44. The monoisotopic (exact) mass is 394 g/mol. The van der Waals surface area contributed by atoms with Crippen LogP contribution < -0.4 is 9.47 Å². The van der Waals surface area contributed by atoms with E-state index in [0.29, 0.717) is 17.1 Å². The van der Waals surface area contributed by atoms with Gasteiger partial charge in [0.2, 0.25) is 0 Å². The molecule has 0 saturated carbocycles. The molecule has 1 aromatic carbocycles. The number of piperidine rings is 1. The highest BCUT2D eigenvalue weighted by molar-refractivity contribution is 5.99. The Morgan fingerprint density at radius 3 is 2.55 bits per heavy atom. The Balaban J connectivity index is 1.33. The number of likely N-dealkylation sites (tertiary alicyclic amines) is 1. The average Bonchev–Trinajstić information content (AvgIpc) is 3.21. The normalized spacial score (nSPS) is 14.9. The number of nitrogens with zero attached hydrogens (tertiary/aromatic N) is 4. The Hall–Kier alpha value is -3.09. The highest BCUT2D eigenvalue weighted by atomic mass is 16.5. The van der Waals surface area contributed by atoms with Gasteiger partial charge in [-0.05, 0) is 55.4 Å². The molecule has 0 spiro atoms. The van der Waals surface area contributed by atoms with Crippen LogP contribution in [0.2, 0.25) is 0 Å². The van der Waals surface area contributed by atoms with E-state index in [1.807, 2.05) is 11.0 Å². The minimum Gasteiger partial charge on any atom is -0.497 e. The van der Waals surface area contributed by atoms with Gasteiger partial charge < -0.3 is 14.4 Å². The van der Waals surface area contributed by atoms with Crippen molar-refractivity contribution in [1.29, 1.82) is 0 Å². The van der Waals surface area contributed by atoms with E-state index in [-0.39, 0.29) is 5.91 Å². The summed E-state index contributed by atoms with van der Waals surface area (Å²) in [4.78, 5) is 19.1. The maximum absolute atomic E-state index is 12.9. The number of amides is 1. The molecular formula is C22H26N4O3. The van der Waals surface area contributed by atoms with Crippen molar-refractivity contribution in [3.63, 3.8) is 0 Å². The largest absolute Gasteiger partial charge is 0.497 e. The zero-order valence-corrected chi connectivity index (χ0v) is 16.9. The Labute approximate surface area is 170 Å². The van der Waals surface area contributed by atoms with Crippen molar-refractivity contribution in [2.45, 2.75) is 25.7 Å². The summed E-state index contributed by atoms with van der Waals surface area (Å²) in [7, 11) is 3.34. The molecule has 1 amide bonds. The van der Waals surface area contributed by atoms with E-state index in [1.54, 1.807) is 43.4 Å². The summed E-state index contributed by atoms with van der Waals surface area (Å²) in [6, 6.07) is 7.83. The quantitative estimate of drug-likeness (QED) is 0.642. The van der Waals surface area contributed by atoms with Gasteiger partial charge in [0.15, 0.2) is 5.65 Å². The van der Waals surface area contributed by atoms with Crippen molar-refractivity contribution >= 4 is 11.6 Å². The smallest absolute Gasteiger partial charge is 0.259 e. The van der Waals surface area contributed by atoms with Crippen LogP contribution in [0.5, 0.6) is 11.5 Å². The molecule has 1 saturated heterocycles. The molecule has 0 radical (unpaired) electrons. The van der Waals surface area contributed by atoms with Gasteiger partial charge in [0, 0.05) is 31.5 Å². The zero-order chi connectivity index (χ0) is 20.2. The summed E-state index contributed by atoms with van der Waals surface area (Å²) in [6.07, 6.45) is 9.21. The number of methoxy groups -OCH3 is 2. The summed E-state index contributed by atoms with van der Waals surface area (Å²) in [5.74, 6) is 2.27. The number of rotatable bonds is 6. The van der Waals surface area contributed by atoms with Gasteiger partial charge in [0.25, 0.3) is 5.91 Å². The fourth-order valence-electron chi connectivity index (χ4n) is 3.95. The standard InChI is InChI=1S/C22H26N4O3/c1-28-18-12-17(13-19(14-18)29-2)5-4-16-6-10-25(11-7-16)22(27)20-15-24-26-9-3-8-23-21(20)26/h3,8-9,12-16H,4-7,10-11H2,1-2H3. The number of carbonyl (C=O) groups excluding carboxylic acids is 1. The molecule has 0 unspecified atom stereocenters. The first-order valence-corrected chi connectivity index (χ1v) is 9.97. The first-order valence-electron chi connectivity index (χ1n) is 9.97. The molecule has 2 aromatic heterocycles. The van der Waals surface area contributed by atoms with Crippen molar-refractivity contribution in [3.8, 4) is 11.5 Å². The Kier molecular flexibility index (Phi) is 5.64. The number of fused-ring (bicyclic) bond motifs is 1. The van der Waals surface area contributed by atoms with Crippen LogP contribution in [0, 0.1) is 5.92 Å². The number of ether oxygens (including phenoxy) is 2. The minimum absolute atomic E-state index is 0.0229. The van der Waals surface area contributed by atoms with Crippen LogP contribution >= 0.6 is 0 Å². The molecule has 1 aliphatic heterocycles. The third kappa shape index (κ3) is 4.18. The van der Waals surface area contributed by atoms with Crippen LogP contribution in [-0.4, -0.2) is 52.7 Å². The van der Waals surface area contributed by atoms with Gasteiger partial charge in [0.05, 0.1) is 20.4 Å². The topological polar surface area (TPSA) is 69.0 Å². The van der Waals surface area contributed by atoms with E-state index in [2.05, 4.69) is 22.2 Å². The zero-order valence-electron chi connectivity index (χ0n) is 16.9. The van der Waals surface area contributed by atoms with Crippen LogP contribution in [0.3, 0.4) is 0 Å². The molecular weight excluding hydrogens is 368 g/mol. The molecule has 0 aliphatic carbocycles. The van der Waals surface area contributed by atoms with E-state index in [4.69, 9.17) is 9.47 Å². The lowest BCUT2D eigenvalue weighted by molar-refractivity contribution is 0.0688. The number of hydrogen-bond acceptors (Lipinski definition) is 5. The fourth-order valence-corrected chi connectivity index (χ4v) is 3.95. The SMILES string of the molecule is COc1cc(CCC2CCN(C(=O)c3cnn4cccnc34)CC2)cc(OC)c1. The summed E-state index contributed by atoms with van der Waals surface area (Å²) in [5, 5.41) is 4.23. The lowest BCUT2D eigenvalue weighted by Gasteiger charge is -2.32. The van der Waals surface area contributed by atoms with Crippen molar-refractivity contribution in [2.24, 2.45) is 5.92 Å². The number of hydrogen-bond donors (Lipinski definition) is 0. The van der Waals surface area contributed by atoms with E-state index < -0.39 is 0 Å². The maximum Gasteiger partial charge on any atom is 0.259 e. The predicted octanol–water partition coefficient (Wildman–Crippen LogP) is 3.23. The number of benzene rings is 1. The summed E-state index contributed by atoms with van der Waals surface area (Å²) in [6.45, 7) is 1.55. The third-order valence-electron chi connectivity index (χ3n) is 5.66.